The molecule has 92 valence electrons. The molecule has 2 aliphatic rings. The van der Waals surface area contributed by atoms with Crippen molar-refractivity contribution >= 4 is 0 Å². The number of aliphatic hydroxyl groups excluding tert-OH is 1. The van der Waals surface area contributed by atoms with Gasteiger partial charge in [-0.2, -0.15) is 0 Å². The van der Waals surface area contributed by atoms with Crippen LogP contribution in [-0.2, 0) is 6.42 Å². The van der Waals surface area contributed by atoms with Gasteiger partial charge in [0.1, 0.15) is 11.9 Å². The zero-order valence-electron chi connectivity index (χ0n) is 9.93. The summed E-state index contributed by atoms with van der Waals surface area (Å²) in [6.07, 6.45) is 2.88. The summed E-state index contributed by atoms with van der Waals surface area (Å²) in [5.74, 6) is 1.36. The van der Waals surface area contributed by atoms with Gasteiger partial charge in [-0.25, -0.2) is 0 Å². The molecule has 0 aromatic heterocycles. The number of fused-ring (bicyclic) bond motifs is 1. The second-order valence-electron chi connectivity index (χ2n) is 5.11. The molecule has 1 aromatic carbocycles. The van der Waals surface area contributed by atoms with Crippen molar-refractivity contribution in [3.63, 3.8) is 0 Å². The molecule has 2 N–H and O–H groups in total. The maximum Gasteiger partial charge on any atom is 0.123 e. The minimum atomic E-state index is -0.163. The van der Waals surface area contributed by atoms with E-state index in [4.69, 9.17) is 4.74 Å². The molecule has 3 heteroatoms. The predicted molar refractivity (Wildman–Crippen MR) is 66.2 cm³/mol. The Bertz CT molecular complexity index is 369. The van der Waals surface area contributed by atoms with Crippen LogP contribution in [0, 0.1) is 5.92 Å². The van der Waals surface area contributed by atoms with E-state index in [1.807, 2.05) is 12.1 Å². The van der Waals surface area contributed by atoms with E-state index in [0.29, 0.717) is 5.92 Å². The van der Waals surface area contributed by atoms with E-state index in [-0.39, 0.29) is 12.2 Å². The van der Waals surface area contributed by atoms with Crippen LogP contribution in [-0.4, -0.2) is 30.4 Å². The van der Waals surface area contributed by atoms with E-state index in [0.717, 1.165) is 38.1 Å². The molecule has 3 atom stereocenters. The van der Waals surface area contributed by atoms with Gasteiger partial charge in [-0.15, -0.1) is 0 Å². The summed E-state index contributed by atoms with van der Waals surface area (Å²) < 4.78 is 5.92. The number of hydrogen-bond donors (Lipinski definition) is 2. The van der Waals surface area contributed by atoms with Crippen molar-refractivity contribution in [3.8, 4) is 5.75 Å². The van der Waals surface area contributed by atoms with Crippen LogP contribution >= 0.6 is 0 Å². The summed E-state index contributed by atoms with van der Waals surface area (Å²) >= 11 is 0. The van der Waals surface area contributed by atoms with E-state index in [1.54, 1.807) is 0 Å². The van der Waals surface area contributed by atoms with Gasteiger partial charge in [0.15, 0.2) is 0 Å². The normalized spacial score (nSPS) is 31.9. The number of piperidine rings is 1. The summed E-state index contributed by atoms with van der Waals surface area (Å²) in [5, 5.41) is 13.3. The molecule has 0 bridgehead atoms. The Kier molecular flexibility index (Phi) is 3.04. The lowest BCUT2D eigenvalue weighted by Crippen LogP contribution is -2.41. The molecular weight excluding hydrogens is 214 g/mol. The van der Waals surface area contributed by atoms with E-state index >= 15 is 0 Å². The van der Waals surface area contributed by atoms with Crippen LogP contribution in [0.3, 0.4) is 0 Å². The lowest BCUT2D eigenvalue weighted by molar-refractivity contribution is 0.0526. The highest BCUT2D eigenvalue weighted by molar-refractivity contribution is 5.37. The van der Waals surface area contributed by atoms with Gasteiger partial charge >= 0.3 is 0 Å². The molecule has 1 aromatic rings. The van der Waals surface area contributed by atoms with Gasteiger partial charge in [0.2, 0.25) is 0 Å². The zero-order valence-corrected chi connectivity index (χ0v) is 9.93. The molecule has 17 heavy (non-hydrogen) atoms. The smallest absolute Gasteiger partial charge is 0.123 e. The number of benzene rings is 1. The van der Waals surface area contributed by atoms with Crippen LogP contribution in [0.25, 0.3) is 0 Å². The van der Waals surface area contributed by atoms with Gasteiger partial charge in [-0.3, -0.25) is 0 Å². The fourth-order valence-electron chi connectivity index (χ4n) is 2.87. The molecule has 1 saturated heterocycles. The van der Waals surface area contributed by atoms with Gasteiger partial charge in [-0.05, 0) is 31.0 Å². The molecule has 3 rings (SSSR count). The van der Waals surface area contributed by atoms with Gasteiger partial charge in [0.25, 0.3) is 0 Å². The van der Waals surface area contributed by atoms with Crippen molar-refractivity contribution in [2.24, 2.45) is 5.92 Å². The third kappa shape index (κ3) is 2.31. The fourth-order valence-corrected chi connectivity index (χ4v) is 2.87. The maximum atomic E-state index is 9.95. The summed E-state index contributed by atoms with van der Waals surface area (Å²) in [6.45, 7) is 1.85. The van der Waals surface area contributed by atoms with Crippen LogP contribution in [0.4, 0.5) is 0 Å². The van der Waals surface area contributed by atoms with Crippen LogP contribution in [0.5, 0.6) is 5.75 Å². The molecular formula is C14H19NO2. The van der Waals surface area contributed by atoms with E-state index in [9.17, 15) is 5.11 Å². The molecule has 3 nitrogen and oxygen atoms in total. The molecule has 0 aliphatic carbocycles. The molecule has 0 amide bonds. The van der Waals surface area contributed by atoms with Gasteiger partial charge in [-0.1, -0.05) is 18.2 Å². The van der Waals surface area contributed by atoms with Crippen LogP contribution < -0.4 is 10.1 Å². The summed E-state index contributed by atoms with van der Waals surface area (Å²) in [4.78, 5) is 0. The predicted octanol–water partition coefficient (Wildman–Crippen LogP) is 1.35. The second kappa shape index (κ2) is 4.67. The average molecular weight is 233 g/mol. The largest absolute Gasteiger partial charge is 0.490 e. The van der Waals surface area contributed by atoms with Crippen molar-refractivity contribution in [2.75, 3.05) is 13.1 Å². The third-order valence-corrected chi connectivity index (χ3v) is 3.85. The van der Waals surface area contributed by atoms with Crippen molar-refractivity contribution in [2.45, 2.75) is 31.5 Å². The minimum Gasteiger partial charge on any atom is -0.490 e. The lowest BCUT2D eigenvalue weighted by Gasteiger charge is -2.30. The highest BCUT2D eigenvalue weighted by atomic mass is 16.5. The summed E-state index contributed by atoms with van der Waals surface area (Å²) in [6, 6.07) is 8.23. The SMILES string of the molecule is OC1CCNCC1CC1Cc2ccccc2O1. The molecule has 1 fully saturated rings. The highest BCUT2D eigenvalue weighted by Gasteiger charge is 2.30. The molecule has 0 radical (unpaired) electrons. The van der Waals surface area contributed by atoms with E-state index < -0.39 is 0 Å². The first-order valence-corrected chi connectivity index (χ1v) is 6.46. The topological polar surface area (TPSA) is 41.5 Å². The second-order valence-corrected chi connectivity index (χ2v) is 5.11. The van der Waals surface area contributed by atoms with Crippen molar-refractivity contribution in [3.05, 3.63) is 29.8 Å². The molecule has 2 aliphatic heterocycles. The molecule has 3 unspecified atom stereocenters. The van der Waals surface area contributed by atoms with Crippen LogP contribution in [0.2, 0.25) is 0 Å². The summed E-state index contributed by atoms with van der Waals surface area (Å²) in [5.41, 5.74) is 1.30. The minimum absolute atomic E-state index is 0.163. The Morgan fingerprint density at radius 1 is 1.35 bits per heavy atom. The number of nitrogens with one attached hydrogen (secondary N) is 1. The number of aliphatic hydroxyl groups is 1. The van der Waals surface area contributed by atoms with Gasteiger partial charge < -0.3 is 15.2 Å². The third-order valence-electron chi connectivity index (χ3n) is 3.85. The van der Waals surface area contributed by atoms with Crippen molar-refractivity contribution in [1.29, 1.82) is 0 Å². The molecule has 0 saturated carbocycles. The first-order chi connectivity index (χ1) is 8.33. The Hall–Kier alpha value is -1.06. The van der Waals surface area contributed by atoms with Gasteiger partial charge in [0, 0.05) is 18.9 Å². The maximum absolute atomic E-state index is 9.95. The quantitative estimate of drug-likeness (QED) is 0.810. The molecule has 0 spiro atoms. The van der Waals surface area contributed by atoms with E-state index in [1.165, 1.54) is 5.56 Å². The number of hydrogen-bond acceptors (Lipinski definition) is 3. The lowest BCUT2D eigenvalue weighted by atomic mass is 9.89. The Morgan fingerprint density at radius 2 is 2.24 bits per heavy atom. The first-order valence-electron chi connectivity index (χ1n) is 6.46. The van der Waals surface area contributed by atoms with Crippen LogP contribution in [0.1, 0.15) is 18.4 Å². The van der Waals surface area contributed by atoms with Crippen LogP contribution in [0.15, 0.2) is 24.3 Å². The van der Waals surface area contributed by atoms with Gasteiger partial charge in [0.05, 0.1) is 6.10 Å². The number of rotatable bonds is 2. The van der Waals surface area contributed by atoms with Crippen molar-refractivity contribution < 1.29 is 9.84 Å². The Morgan fingerprint density at radius 3 is 3.06 bits per heavy atom. The Labute approximate surface area is 102 Å². The van der Waals surface area contributed by atoms with Crippen molar-refractivity contribution in [1.82, 2.24) is 5.32 Å². The number of para-hydroxylation sites is 1. The van der Waals surface area contributed by atoms with E-state index in [2.05, 4.69) is 17.4 Å². The fraction of sp³-hybridized carbons (Fsp3) is 0.571. The Balaban J connectivity index is 1.61. The first kappa shape index (κ1) is 11.1. The summed E-state index contributed by atoms with van der Waals surface area (Å²) in [7, 11) is 0. The standard InChI is InChI=1S/C14H19NO2/c16-13-5-6-15-9-11(13)8-12-7-10-3-1-2-4-14(10)17-12/h1-4,11-13,15-16H,5-9H2. The number of ether oxygens (including phenoxy) is 1. The zero-order chi connectivity index (χ0) is 11.7. The average Bonchev–Trinajstić information content (AvgIpc) is 2.74. The highest BCUT2D eigenvalue weighted by Crippen LogP contribution is 2.31. The molecule has 2 heterocycles. The monoisotopic (exact) mass is 233 g/mol.